The van der Waals surface area contributed by atoms with Crippen molar-refractivity contribution >= 4 is 44.6 Å². The molecule has 102 valence electrons. The number of thiazole rings is 1. The summed E-state index contributed by atoms with van der Waals surface area (Å²) in [5.41, 5.74) is 0.954. The van der Waals surface area contributed by atoms with Gasteiger partial charge in [-0.2, -0.15) is 0 Å². The molecule has 2 heterocycles. The van der Waals surface area contributed by atoms with E-state index in [1.807, 2.05) is 12.3 Å². The Morgan fingerprint density at radius 2 is 2.32 bits per heavy atom. The van der Waals surface area contributed by atoms with Crippen molar-refractivity contribution in [1.82, 2.24) is 4.98 Å². The minimum Gasteiger partial charge on any atom is -0.466 e. The molecule has 2 aromatic rings. The van der Waals surface area contributed by atoms with E-state index in [0.29, 0.717) is 19.4 Å². The smallest absolute Gasteiger partial charge is 0.306 e. The topological polar surface area (TPSA) is 39.2 Å². The lowest BCUT2D eigenvalue weighted by Gasteiger charge is -1.99. The quantitative estimate of drug-likeness (QED) is 0.740. The summed E-state index contributed by atoms with van der Waals surface area (Å²) in [6.45, 7) is 4.33. The highest BCUT2D eigenvalue weighted by Gasteiger charge is 2.11. The molecule has 3 nitrogen and oxygen atoms in total. The Labute approximate surface area is 128 Å². The van der Waals surface area contributed by atoms with Gasteiger partial charge in [0.1, 0.15) is 5.01 Å². The van der Waals surface area contributed by atoms with Crippen molar-refractivity contribution in [2.45, 2.75) is 26.7 Å². The first-order chi connectivity index (χ1) is 9.10. The number of thiophene rings is 1. The zero-order valence-corrected chi connectivity index (χ0v) is 14.0. The van der Waals surface area contributed by atoms with Crippen LogP contribution in [0.25, 0.3) is 9.88 Å². The van der Waals surface area contributed by atoms with Crippen LogP contribution in [-0.4, -0.2) is 17.6 Å². The first-order valence-electron chi connectivity index (χ1n) is 5.96. The van der Waals surface area contributed by atoms with Crippen LogP contribution in [0.15, 0.2) is 15.9 Å². The van der Waals surface area contributed by atoms with Gasteiger partial charge in [-0.15, -0.1) is 22.7 Å². The lowest BCUT2D eigenvalue weighted by Crippen LogP contribution is -2.05. The Bertz CT molecular complexity index is 557. The first kappa shape index (κ1) is 14.7. The molecule has 0 radical (unpaired) electrons. The van der Waals surface area contributed by atoms with E-state index >= 15 is 0 Å². The van der Waals surface area contributed by atoms with Gasteiger partial charge in [-0.3, -0.25) is 4.79 Å². The van der Waals surface area contributed by atoms with Gasteiger partial charge in [0, 0.05) is 21.2 Å². The second-order valence-corrected chi connectivity index (χ2v) is 6.93. The van der Waals surface area contributed by atoms with E-state index in [-0.39, 0.29) is 5.97 Å². The molecule has 0 bridgehead atoms. The van der Waals surface area contributed by atoms with Gasteiger partial charge < -0.3 is 4.74 Å². The number of nitrogens with zero attached hydrogens (tertiary/aromatic N) is 1. The van der Waals surface area contributed by atoms with Crippen molar-refractivity contribution in [2.75, 3.05) is 6.61 Å². The molecular weight excluding hydrogens is 346 g/mol. The Morgan fingerprint density at radius 1 is 1.53 bits per heavy atom. The van der Waals surface area contributed by atoms with Crippen molar-refractivity contribution in [3.05, 3.63) is 26.5 Å². The number of aromatic nitrogens is 1. The summed E-state index contributed by atoms with van der Waals surface area (Å²) in [6, 6.07) is 2.09. The first-order valence-corrected chi connectivity index (χ1v) is 8.45. The summed E-state index contributed by atoms with van der Waals surface area (Å²) in [6.07, 6.45) is 1.03. The summed E-state index contributed by atoms with van der Waals surface area (Å²) in [5, 5.41) is 3.02. The van der Waals surface area contributed by atoms with E-state index in [1.54, 1.807) is 22.7 Å². The Morgan fingerprint density at radius 3 is 2.95 bits per heavy atom. The van der Waals surface area contributed by atoms with Gasteiger partial charge in [-0.1, -0.05) is 0 Å². The molecule has 0 aliphatic rings. The van der Waals surface area contributed by atoms with E-state index in [0.717, 1.165) is 20.1 Å². The monoisotopic (exact) mass is 359 g/mol. The fourth-order valence-electron chi connectivity index (χ4n) is 1.56. The third-order valence-electron chi connectivity index (χ3n) is 2.51. The Hall–Kier alpha value is -0.720. The zero-order chi connectivity index (χ0) is 13.8. The average molecular weight is 360 g/mol. The maximum absolute atomic E-state index is 11.3. The second-order valence-electron chi connectivity index (χ2n) is 3.96. The van der Waals surface area contributed by atoms with Crippen LogP contribution in [0.4, 0.5) is 0 Å². The summed E-state index contributed by atoms with van der Waals surface area (Å²) in [4.78, 5) is 18.3. The number of hydrogen-bond donors (Lipinski definition) is 0. The van der Waals surface area contributed by atoms with Gasteiger partial charge in [-0.05, 0) is 35.8 Å². The van der Waals surface area contributed by atoms with Crippen molar-refractivity contribution in [3.63, 3.8) is 0 Å². The van der Waals surface area contributed by atoms with E-state index in [2.05, 4.69) is 33.9 Å². The number of esters is 1. The number of ether oxygens (including phenoxy) is 1. The summed E-state index contributed by atoms with van der Waals surface area (Å²) < 4.78 is 6.03. The van der Waals surface area contributed by atoms with Gasteiger partial charge in [0.15, 0.2) is 0 Å². The van der Waals surface area contributed by atoms with Crippen molar-refractivity contribution in [3.8, 4) is 9.88 Å². The van der Waals surface area contributed by atoms with E-state index < -0.39 is 0 Å². The third kappa shape index (κ3) is 3.87. The Kier molecular flexibility index (Phi) is 5.13. The van der Waals surface area contributed by atoms with E-state index in [1.165, 1.54) is 4.88 Å². The van der Waals surface area contributed by atoms with Crippen molar-refractivity contribution < 1.29 is 9.53 Å². The van der Waals surface area contributed by atoms with Crippen LogP contribution in [0.3, 0.4) is 0 Å². The number of carbonyl (C=O) groups is 1. The number of hydrogen-bond acceptors (Lipinski definition) is 5. The largest absolute Gasteiger partial charge is 0.466 e. The molecule has 0 unspecified atom stereocenters. The number of carbonyl (C=O) groups excluding carboxylic acids is 1. The van der Waals surface area contributed by atoms with Crippen LogP contribution in [-0.2, 0) is 16.0 Å². The third-order valence-corrected chi connectivity index (χ3v) is 5.71. The molecule has 0 saturated carbocycles. The lowest BCUT2D eigenvalue weighted by atomic mass is 10.2. The second kappa shape index (κ2) is 6.63. The molecule has 0 atom stereocenters. The van der Waals surface area contributed by atoms with Gasteiger partial charge in [-0.25, -0.2) is 4.98 Å². The molecule has 0 aliphatic carbocycles. The van der Waals surface area contributed by atoms with Crippen LogP contribution < -0.4 is 0 Å². The molecule has 6 heteroatoms. The highest BCUT2D eigenvalue weighted by Crippen LogP contribution is 2.35. The molecule has 0 aromatic carbocycles. The van der Waals surface area contributed by atoms with Gasteiger partial charge >= 0.3 is 5.97 Å². The maximum atomic E-state index is 11.3. The molecule has 0 spiro atoms. The SMILES string of the molecule is CCOC(=O)CCc1csc(-c2cc(Br)c(C)s2)n1. The molecule has 2 rings (SSSR count). The zero-order valence-electron chi connectivity index (χ0n) is 10.7. The van der Waals surface area contributed by atoms with Crippen LogP contribution in [0.2, 0.25) is 0 Å². The van der Waals surface area contributed by atoms with Crippen LogP contribution >= 0.6 is 38.6 Å². The summed E-state index contributed by atoms with van der Waals surface area (Å²) in [5.74, 6) is -0.160. The fraction of sp³-hybridized carbons (Fsp3) is 0.385. The molecule has 0 saturated heterocycles. The summed E-state index contributed by atoms with van der Waals surface area (Å²) in [7, 11) is 0. The maximum Gasteiger partial charge on any atom is 0.306 e. The number of aryl methyl sites for hydroxylation is 2. The van der Waals surface area contributed by atoms with Crippen LogP contribution in [0.5, 0.6) is 0 Å². The van der Waals surface area contributed by atoms with Crippen molar-refractivity contribution in [1.29, 1.82) is 0 Å². The van der Waals surface area contributed by atoms with Gasteiger partial charge in [0.25, 0.3) is 0 Å². The minimum absolute atomic E-state index is 0.160. The summed E-state index contributed by atoms with van der Waals surface area (Å²) >= 11 is 6.85. The Balaban J connectivity index is 2.01. The number of rotatable bonds is 5. The molecule has 0 aliphatic heterocycles. The highest BCUT2D eigenvalue weighted by atomic mass is 79.9. The molecular formula is C13H14BrNO2S2. The highest BCUT2D eigenvalue weighted by molar-refractivity contribution is 9.10. The van der Waals surface area contributed by atoms with Gasteiger partial charge in [0.05, 0.1) is 23.6 Å². The predicted molar refractivity (Wildman–Crippen MR) is 82.8 cm³/mol. The average Bonchev–Trinajstić information content (AvgIpc) is 2.95. The van der Waals surface area contributed by atoms with Crippen molar-refractivity contribution in [2.24, 2.45) is 0 Å². The molecule has 2 aromatic heterocycles. The normalized spacial score (nSPS) is 10.7. The number of halogens is 1. The minimum atomic E-state index is -0.160. The fourth-order valence-corrected chi connectivity index (χ4v) is 4.02. The standard InChI is InChI=1S/C13H14BrNO2S2/c1-3-17-12(16)5-4-9-7-18-13(15-9)11-6-10(14)8(2)19-11/h6-7H,3-5H2,1-2H3. The predicted octanol–water partition coefficient (Wildman–Crippen LogP) is 4.44. The molecule has 0 N–H and O–H groups in total. The van der Waals surface area contributed by atoms with Gasteiger partial charge in [0.2, 0.25) is 0 Å². The van der Waals surface area contributed by atoms with Crippen LogP contribution in [0, 0.1) is 6.92 Å². The lowest BCUT2D eigenvalue weighted by molar-refractivity contribution is -0.143. The molecule has 0 fully saturated rings. The van der Waals surface area contributed by atoms with Crippen LogP contribution in [0.1, 0.15) is 23.9 Å². The molecule has 0 amide bonds. The van der Waals surface area contributed by atoms with E-state index in [4.69, 9.17) is 4.74 Å². The van der Waals surface area contributed by atoms with E-state index in [9.17, 15) is 4.79 Å². The molecule has 19 heavy (non-hydrogen) atoms.